The molecule has 0 N–H and O–H groups in total. The van der Waals surface area contributed by atoms with Crippen LogP contribution in [0, 0.1) is 41.2 Å². The summed E-state index contributed by atoms with van der Waals surface area (Å²) in [7, 11) is 1.21. The number of halogens is 4. The van der Waals surface area contributed by atoms with Crippen molar-refractivity contribution in [2.75, 3.05) is 13.7 Å². The molecule has 0 aromatic heterocycles. The van der Waals surface area contributed by atoms with Crippen LogP contribution in [0.15, 0.2) is 36.4 Å². The van der Waals surface area contributed by atoms with Crippen molar-refractivity contribution in [1.82, 2.24) is 0 Å². The number of hydrogen-bond acceptors (Lipinski definition) is 2. The van der Waals surface area contributed by atoms with Crippen molar-refractivity contribution in [2.24, 2.45) is 17.8 Å². The molecule has 0 radical (unpaired) electrons. The van der Waals surface area contributed by atoms with Crippen molar-refractivity contribution in [3.63, 3.8) is 0 Å². The number of hydrogen-bond donors (Lipinski definition) is 0. The Labute approximate surface area is 217 Å². The quantitative estimate of drug-likeness (QED) is 0.271. The van der Waals surface area contributed by atoms with Crippen LogP contribution in [0.25, 0.3) is 0 Å². The number of ether oxygens (including phenoxy) is 2. The number of rotatable bonds is 7. The lowest BCUT2D eigenvalue weighted by Gasteiger charge is -2.27. The van der Waals surface area contributed by atoms with Gasteiger partial charge in [-0.15, -0.1) is 0 Å². The van der Waals surface area contributed by atoms with E-state index >= 15 is 0 Å². The topological polar surface area (TPSA) is 18.5 Å². The fourth-order valence-electron chi connectivity index (χ4n) is 5.43. The van der Waals surface area contributed by atoms with Crippen LogP contribution >= 0.6 is 0 Å². The lowest BCUT2D eigenvalue weighted by Crippen LogP contribution is -2.18. The summed E-state index contributed by atoms with van der Waals surface area (Å²) in [5.41, 5.74) is 0.974. The predicted octanol–water partition coefficient (Wildman–Crippen LogP) is 8.64. The summed E-state index contributed by atoms with van der Waals surface area (Å²) in [6, 6.07) is 8.89. The minimum absolute atomic E-state index is 0.109. The van der Waals surface area contributed by atoms with E-state index in [1.165, 1.54) is 57.1 Å². The molecule has 0 amide bonds. The standard InChI is InChI=1S/C31H36F4O2/c1-21-3-5-22(6-4-21)7-8-23-9-11-24(12-10-23)25-13-15-26(16-14-25)31(34,35)19-20-37-28-18-17-27(36-2)29(32)30(28)33/h13-18,21-24H,3-6,9-12,19-20H2,1-2H3. The first-order valence-corrected chi connectivity index (χ1v) is 13.4. The van der Waals surface area contributed by atoms with Gasteiger partial charge >= 0.3 is 0 Å². The summed E-state index contributed by atoms with van der Waals surface area (Å²) in [6.45, 7) is 1.87. The third kappa shape index (κ3) is 7.00. The summed E-state index contributed by atoms with van der Waals surface area (Å²) >= 11 is 0. The molecule has 2 aliphatic rings. The first-order chi connectivity index (χ1) is 17.8. The summed E-state index contributed by atoms with van der Waals surface area (Å²) in [6.07, 6.45) is 8.53. The van der Waals surface area contributed by atoms with Crippen LogP contribution in [0.4, 0.5) is 17.6 Å². The van der Waals surface area contributed by atoms with Crippen LogP contribution in [0.5, 0.6) is 11.5 Å². The Morgan fingerprint density at radius 1 is 0.784 bits per heavy atom. The monoisotopic (exact) mass is 516 g/mol. The summed E-state index contributed by atoms with van der Waals surface area (Å²) in [5.74, 6) is 2.99. The molecule has 2 nitrogen and oxygen atoms in total. The number of benzene rings is 2. The van der Waals surface area contributed by atoms with Gasteiger partial charge in [-0.2, -0.15) is 8.78 Å². The Kier molecular flexibility index (Phi) is 9.05. The van der Waals surface area contributed by atoms with E-state index < -0.39 is 36.3 Å². The summed E-state index contributed by atoms with van der Waals surface area (Å²) in [4.78, 5) is 0. The molecule has 0 heterocycles. The number of methoxy groups -OCH3 is 1. The zero-order chi connectivity index (χ0) is 26.4. The molecular weight excluding hydrogens is 480 g/mol. The van der Waals surface area contributed by atoms with Gasteiger partial charge in [0.05, 0.1) is 13.7 Å². The molecule has 2 aliphatic carbocycles. The van der Waals surface area contributed by atoms with Crippen molar-refractivity contribution in [2.45, 2.75) is 76.6 Å². The molecule has 2 aromatic rings. The van der Waals surface area contributed by atoms with Crippen LogP contribution in [0.2, 0.25) is 0 Å². The van der Waals surface area contributed by atoms with E-state index in [2.05, 4.69) is 18.8 Å². The van der Waals surface area contributed by atoms with Crippen LogP contribution in [0.3, 0.4) is 0 Å². The van der Waals surface area contributed by atoms with Crippen LogP contribution in [-0.4, -0.2) is 13.7 Å². The van der Waals surface area contributed by atoms with Gasteiger partial charge in [0.15, 0.2) is 11.5 Å². The lowest BCUT2D eigenvalue weighted by atomic mass is 9.78. The van der Waals surface area contributed by atoms with Gasteiger partial charge in [-0.1, -0.05) is 43.0 Å². The van der Waals surface area contributed by atoms with E-state index in [4.69, 9.17) is 9.47 Å². The normalized spacial score (nSPS) is 24.2. The largest absolute Gasteiger partial charge is 0.494 e. The molecule has 0 bridgehead atoms. The highest BCUT2D eigenvalue weighted by Gasteiger charge is 2.32. The van der Waals surface area contributed by atoms with Gasteiger partial charge in [-0.3, -0.25) is 0 Å². The highest BCUT2D eigenvalue weighted by Crippen LogP contribution is 2.38. The molecule has 0 saturated heterocycles. The van der Waals surface area contributed by atoms with E-state index in [0.29, 0.717) is 17.8 Å². The second kappa shape index (κ2) is 12.2. The second-order valence-corrected chi connectivity index (χ2v) is 10.6. The van der Waals surface area contributed by atoms with Gasteiger partial charge < -0.3 is 9.47 Å². The average molecular weight is 517 g/mol. The maximum absolute atomic E-state index is 14.8. The van der Waals surface area contributed by atoms with E-state index in [0.717, 1.165) is 37.2 Å². The molecule has 0 atom stereocenters. The van der Waals surface area contributed by atoms with Crippen molar-refractivity contribution in [3.05, 3.63) is 59.2 Å². The Morgan fingerprint density at radius 3 is 1.92 bits per heavy atom. The first-order valence-electron chi connectivity index (χ1n) is 13.4. The molecule has 6 heteroatoms. The van der Waals surface area contributed by atoms with Gasteiger partial charge in [-0.05, 0) is 80.9 Å². The Balaban J connectivity index is 1.26. The average Bonchev–Trinajstić information content (AvgIpc) is 2.91. The van der Waals surface area contributed by atoms with E-state index in [1.54, 1.807) is 12.1 Å². The summed E-state index contributed by atoms with van der Waals surface area (Å²) < 4.78 is 67.1. The molecule has 4 rings (SSSR count). The molecule has 0 aliphatic heterocycles. The lowest BCUT2D eigenvalue weighted by molar-refractivity contribution is -0.0246. The Hall–Kier alpha value is -2.68. The van der Waals surface area contributed by atoms with Crippen molar-refractivity contribution in [1.29, 1.82) is 0 Å². The molecule has 37 heavy (non-hydrogen) atoms. The number of alkyl halides is 2. The van der Waals surface area contributed by atoms with Gasteiger partial charge in [-0.25, -0.2) is 8.78 Å². The zero-order valence-electron chi connectivity index (χ0n) is 21.7. The highest BCUT2D eigenvalue weighted by atomic mass is 19.3. The van der Waals surface area contributed by atoms with E-state index in [-0.39, 0.29) is 11.3 Å². The molecular formula is C31H36F4O2. The minimum atomic E-state index is -3.15. The zero-order valence-corrected chi connectivity index (χ0v) is 21.7. The smallest absolute Gasteiger partial charge is 0.276 e. The predicted molar refractivity (Wildman–Crippen MR) is 137 cm³/mol. The SMILES string of the molecule is COc1ccc(OCCC(F)(F)c2ccc(C3CCC(C#CC4CCC(C)CC4)CC3)cc2)c(F)c1F. The molecule has 0 unspecified atom stereocenters. The van der Waals surface area contributed by atoms with Gasteiger partial charge in [0.25, 0.3) is 5.92 Å². The molecule has 200 valence electrons. The first kappa shape index (κ1) is 27.4. The Bertz CT molecular complexity index is 1090. The van der Waals surface area contributed by atoms with Crippen LogP contribution in [0.1, 0.15) is 81.8 Å². The maximum Gasteiger partial charge on any atom is 0.276 e. The van der Waals surface area contributed by atoms with Crippen molar-refractivity contribution in [3.8, 4) is 23.3 Å². The highest BCUT2D eigenvalue weighted by molar-refractivity contribution is 5.35. The van der Waals surface area contributed by atoms with Gasteiger partial charge in [0, 0.05) is 23.8 Å². The van der Waals surface area contributed by atoms with Crippen molar-refractivity contribution < 1.29 is 27.0 Å². The van der Waals surface area contributed by atoms with Gasteiger partial charge in [0.1, 0.15) is 0 Å². The maximum atomic E-state index is 14.8. The molecule has 2 saturated carbocycles. The fourth-order valence-corrected chi connectivity index (χ4v) is 5.43. The summed E-state index contributed by atoms with van der Waals surface area (Å²) in [5, 5.41) is 0. The molecule has 2 aromatic carbocycles. The third-order valence-corrected chi connectivity index (χ3v) is 7.94. The third-order valence-electron chi connectivity index (χ3n) is 7.94. The molecule has 0 spiro atoms. The fraction of sp³-hybridized carbons (Fsp3) is 0.548. The molecule has 2 fully saturated rings. The second-order valence-electron chi connectivity index (χ2n) is 10.6. The van der Waals surface area contributed by atoms with Crippen LogP contribution in [-0.2, 0) is 5.92 Å². The van der Waals surface area contributed by atoms with Crippen molar-refractivity contribution >= 4 is 0 Å². The van der Waals surface area contributed by atoms with E-state index in [9.17, 15) is 17.6 Å². The minimum Gasteiger partial charge on any atom is -0.494 e. The van der Waals surface area contributed by atoms with E-state index in [1.807, 2.05) is 0 Å². The van der Waals surface area contributed by atoms with Gasteiger partial charge in [0.2, 0.25) is 11.6 Å². The van der Waals surface area contributed by atoms with Crippen LogP contribution < -0.4 is 9.47 Å². The Morgan fingerprint density at radius 2 is 1.32 bits per heavy atom.